The van der Waals surface area contributed by atoms with E-state index in [1.165, 1.54) is 27.8 Å². The molecule has 0 aliphatic carbocycles. The maximum Gasteiger partial charge on any atom is 0.0706 e. The molecule has 0 unspecified atom stereocenters. The van der Waals surface area contributed by atoms with Crippen LogP contribution in [-0.4, -0.2) is 6.21 Å². The average Bonchev–Trinajstić information content (AvgIpc) is 2.50. The molecule has 1 nitrogen and oxygen atoms in total. The van der Waals surface area contributed by atoms with E-state index in [1.54, 1.807) is 0 Å². The Morgan fingerprint density at radius 2 is 1.74 bits per heavy atom. The lowest BCUT2D eigenvalue weighted by Crippen LogP contribution is -1.96. The molecule has 2 aromatic rings. The molecule has 0 spiro atoms. The van der Waals surface area contributed by atoms with Crippen molar-refractivity contribution in [1.29, 1.82) is 0 Å². The largest absolute Gasteiger partial charge is 0.261 e. The van der Waals surface area contributed by atoms with Crippen molar-refractivity contribution in [3.05, 3.63) is 70.3 Å². The van der Waals surface area contributed by atoms with Crippen LogP contribution in [0.1, 0.15) is 60.1 Å². The summed E-state index contributed by atoms with van der Waals surface area (Å²) in [5.41, 5.74) is 9.55. The van der Waals surface area contributed by atoms with Crippen molar-refractivity contribution in [3.63, 3.8) is 0 Å². The quantitative estimate of drug-likeness (QED) is 0.570. The second-order valence-electron chi connectivity index (χ2n) is 6.55. The van der Waals surface area contributed by atoms with Crippen LogP contribution in [0.15, 0.2) is 41.9 Å². The molecule has 0 fully saturated rings. The van der Waals surface area contributed by atoms with Crippen LogP contribution in [0, 0.1) is 20.8 Å². The van der Waals surface area contributed by atoms with Gasteiger partial charge in [-0.15, -0.1) is 0 Å². The van der Waals surface area contributed by atoms with Crippen LogP contribution >= 0.6 is 0 Å². The summed E-state index contributed by atoms with van der Waals surface area (Å²) in [6.07, 6.45) is 1.85. The van der Waals surface area contributed by atoms with Crippen molar-refractivity contribution in [2.75, 3.05) is 0 Å². The first-order valence-corrected chi connectivity index (χ1v) is 8.25. The van der Waals surface area contributed by atoms with Crippen molar-refractivity contribution in [2.24, 2.45) is 4.99 Å². The standard InChI is InChI=1S/C22H27N/c1-8-23-22-13-19(14(2)3)9-10-20(22)18(7)21-12-15(4)11-16(5)17(21)6/h8-14H,7H2,1-6H3/b23-8-. The minimum absolute atomic E-state index is 0.492. The summed E-state index contributed by atoms with van der Waals surface area (Å²) in [6.45, 7) is 17.2. The summed E-state index contributed by atoms with van der Waals surface area (Å²) in [5, 5.41) is 0. The molecule has 0 amide bonds. The van der Waals surface area contributed by atoms with Crippen molar-refractivity contribution < 1.29 is 0 Å². The van der Waals surface area contributed by atoms with E-state index in [1.807, 2.05) is 13.1 Å². The van der Waals surface area contributed by atoms with E-state index in [9.17, 15) is 0 Å². The first kappa shape index (κ1) is 17.2. The molecular weight excluding hydrogens is 278 g/mol. The van der Waals surface area contributed by atoms with Gasteiger partial charge in [0, 0.05) is 11.8 Å². The second-order valence-corrected chi connectivity index (χ2v) is 6.55. The minimum atomic E-state index is 0.492. The third kappa shape index (κ3) is 3.61. The van der Waals surface area contributed by atoms with Gasteiger partial charge in [0.05, 0.1) is 5.69 Å². The molecule has 0 atom stereocenters. The Kier molecular flexibility index (Phi) is 5.20. The lowest BCUT2D eigenvalue weighted by molar-refractivity contribution is 0.866. The molecule has 0 aliphatic heterocycles. The molecule has 120 valence electrons. The first-order chi connectivity index (χ1) is 10.8. The van der Waals surface area contributed by atoms with Crippen molar-refractivity contribution in [3.8, 4) is 0 Å². The number of hydrogen-bond acceptors (Lipinski definition) is 1. The normalized spacial score (nSPS) is 11.4. The highest BCUT2D eigenvalue weighted by Crippen LogP contribution is 2.35. The van der Waals surface area contributed by atoms with Gasteiger partial charge >= 0.3 is 0 Å². The molecule has 0 radical (unpaired) electrons. The smallest absolute Gasteiger partial charge is 0.0706 e. The molecule has 0 saturated carbocycles. The van der Waals surface area contributed by atoms with Gasteiger partial charge < -0.3 is 0 Å². The predicted molar refractivity (Wildman–Crippen MR) is 103 cm³/mol. The molecular formula is C22H27N. The Hall–Kier alpha value is -2.15. The van der Waals surface area contributed by atoms with Crippen LogP contribution in [0.4, 0.5) is 5.69 Å². The summed E-state index contributed by atoms with van der Waals surface area (Å²) < 4.78 is 0. The van der Waals surface area contributed by atoms with Gasteiger partial charge in [0.1, 0.15) is 0 Å². The number of rotatable bonds is 4. The second kappa shape index (κ2) is 6.95. The fraction of sp³-hybridized carbons (Fsp3) is 0.318. The molecule has 0 aromatic heterocycles. The van der Waals surface area contributed by atoms with E-state index < -0.39 is 0 Å². The molecule has 23 heavy (non-hydrogen) atoms. The van der Waals surface area contributed by atoms with Crippen molar-refractivity contribution in [2.45, 2.75) is 47.5 Å². The first-order valence-electron chi connectivity index (χ1n) is 8.25. The van der Waals surface area contributed by atoms with Gasteiger partial charge in [-0.3, -0.25) is 4.99 Å². The summed E-state index contributed by atoms with van der Waals surface area (Å²) >= 11 is 0. The third-order valence-corrected chi connectivity index (χ3v) is 4.42. The monoisotopic (exact) mass is 305 g/mol. The average molecular weight is 305 g/mol. The zero-order chi connectivity index (χ0) is 17.1. The fourth-order valence-corrected chi connectivity index (χ4v) is 2.91. The number of nitrogens with zero attached hydrogens (tertiary/aromatic N) is 1. The van der Waals surface area contributed by atoms with E-state index in [2.05, 4.69) is 76.5 Å². The molecule has 2 aromatic carbocycles. The maximum absolute atomic E-state index is 4.58. The van der Waals surface area contributed by atoms with E-state index in [4.69, 9.17) is 0 Å². The highest BCUT2D eigenvalue weighted by atomic mass is 14.7. The molecule has 0 aliphatic rings. The Morgan fingerprint density at radius 1 is 1.04 bits per heavy atom. The Labute approximate surface area is 140 Å². The topological polar surface area (TPSA) is 12.4 Å². The molecule has 0 N–H and O–H groups in total. The highest BCUT2D eigenvalue weighted by molar-refractivity contribution is 5.86. The molecule has 1 heteroatoms. The van der Waals surface area contributed by atoms with Crippen LogP contribution in [0.3, 0.4) is 0 Å². The lowest BCUT2D eigenvalue weighted by atomic mass is 9.89. The van der Waals surface area contributed by atoms with Gasteiger partial charge in [0.15, 0.2) is 0 Å². The summed E-state index contributed by atoms with van der Waals surface area (Å²) in [4.78, 5) is 4.58. The molecule has 0 bridgehead atoms. The van der Waals surface area contributed by atoms with Crippen LogP contribution in [0.2, 0.25) is 0 Å². The molecule has 0 saturated heterocycles. The number of hydrogen-bond donors (Lipinski definition) is 0. The van der Waals surface area contributed by atoms with Gasteiger partial charge in [-0.25, -0.2) is 0 Å². The maximum atomic E-state index is 4.58. The van der Waals surface area contributed by atoms with E-state index in [0.717, 1.165) is 16.8 Å². The Balaban J connectivity index is 2.60. The SMILES string of the molecule is C=C(c1ccc(C(C)C)cc1/N=C\C)c1cc(C)cc(C)c1C. The van der Waals surface area contributed by atoms with Crippen molar-refractivity contribution in [1.82, 2.24) is 0 Å². The Morgan fingerprint density at radius 3 is 2.35 bits per heavy atom. The van der Waals surface area contributed by atoms with E-state index in [-0.39, 0.29) is 0 Å². The minimum Gasteiger partial charge on any atom is -0.261 e. The summed E-state index contributed by atoms with van der Waals surface area (Å²) in [6, 6.07) is 11.0. The van der Waals surface area contributed by atoms with Crippen LogP contribution in [-0.2, 0) is 0 Å². The van der Waals surface area contributed by atoms with Crippen molar-refractivity contribution >= 4 is 17.5 Å². The number of aryl methyl sites for hydroxylation is 2. The number of aliphatic imine (C=N–C) groups is 1. The molecule has 2 rings (SSSR count). The van der Waals surface area contributed by atoms with E-state index in [0.29, 0.717) is 5.92 Å². The lowest BCUT2D eigenvalue weighted by Gasteiger charge is -2.16. The van der Waals surface area contributed by atoms with Crippen LogP contribution in [0.5, 0.6) is 0 Å². The summed E-state index contributed by atoms with van der Waals surface area (Å²) in [5.74, 6) is 0.492. The van der Waals surface area contributed by atoms with Crippen LogP contribution in [0.25, 0.3) is 5.57 Å². The van der Waals surface area contributed by atoms with Crippen LogP contribution < -0.4 is 0 Å². The highest BCUT2D eigenvalue weighted by Gasteiger charge is 2.13. The number of benzene rings is 2. The predicted octanol–water partition coefficient (Wildman–Crippen LogP) is 6.52. The van der Waals surface area contributed by atoms with Gasteiger partial charge in [-0.2, -0.15) is 0 Å². The molecule has 0 heterocycles. The zero-order valence-corrected chi connectivity index (χ0v) is 15.2. The van der Waals surface area contributed by atoms with Gasteiger partial charge in [0.25, 0.3) is 0 Å². The third-order valence-electron chi connectivity index (χ3n) is 4.42. The van der Waals surface area contributed by atoms with Gasteiger partial charge in [-0.05, 0) is 67.5 Å². The fourth-order valence-electron chi connectivity index (χ4n) is 2.91. The summed E-state index contributed by atoms with van der Waals surface area (Å²) in [7, 11) is 0. The van der Waals surface area contributed by atoms with E-state index >= 15 is 0 Å². The zero-order valence-electron chi connectivity index (χ0n) is 15.2. The Bertz CT molecular complexity index is 764. The van der Waals surface area contributed by atoms with Gasteiger partial charge in [0.2, 0.25) is 0 Å². The van der Waals surface area contributed by atoms with Gasteiger partial charge in [-0.1, -0.05) is 50.3 Å².